The second-order valence-electron chi connectivity index (χ2n) is 4.08. The fraction of sp³-hybridized carbons (Fsp3) is 0.417. The Kier molecular flexibility index (Phi) is 6.22. The van der Waals surface area contributed by atoms with Crippen LogP contribution >= 0.6 is 10.7 Å². The van der Waals surface area contributed by atoms with Crippen molar-refractivity contribution in [2.45, 2.75) is 30.6 Å². The number of benzene rings is 1. The molecule has 0 aliphatic rings. The van der Waals surface area contributed by atoms with Crippen LogP contribution in [-0.2, 0) is 13.8 Å². The summed E-state index contributed by atoms with van der Waals surface area (Å²) in [4.78, 5) is 9.88. The Morgan fingerprint density at radius 3 is 2.60 bits per heavy atom. The molecule has 1 aromatic carbocycles. The van der Waals surface area contributed by atoms with Crippen LogP contribution in [-0.4, -0.2) is 26.1 Å². The molecule has 0 fully saturated rings. The van der Waals surface area contributed by atoms with Crippen molar-refractivity contribution in [3.05, 3.63) is 24.0 Å². The van der Waals surface area contributed by atoms with E-state index in [9.17, 15) is 17.6 Å². The summed E-state index contributed by atoms with van der Waals surface area (Å²) >= 11 is 0. The molecule has 0 atom stereocenters. The Balaban J connectivity index is 2.54. The first-order valence-corrected chi connectivity index (χ1v) is 8.20. The summed E-state index contributed by atoms with van der Waals surface area (Å²) in [6.07, 6.45) is 1.80. The first-order chi connectivity index (χ1) is 9.30. The maximum Gasteiger partial charge on any atom is 0.303 e. The van der Waals surface area contributed by atoms with Crippen LogP contribution < -0.4 is 4.74 Å². The molecule has 0 bridgehead atoms. The molecular weight excluding hydrogens is 311 g/mol. The van der Waals surface area contributed by atoms with Gasteiger partial charge in [0.2, 0.25) is 0 Å². The lowest BCUT2D eigenvalue weighted by molar-refractivity contribution is -0.137. The zero-order chi connectivity index (χ0) is 15.2. The summed E-state index contributed by atoms with van der Waals surface area (Å²) in [6.45, 7) is 0.199. The number of unbranched alkanes of at least 4 members (excludes halogenated alkanes) is 2. The summed E-state index contributed by atoms with van der Waals surface area (Å²) in [6, 6.07) is 3.06. The normalized spacial score (nSPS) is 11.3. The minimum Gasteiger partial charge on any atom is -0.492 e. The van der Waals surface area contributed by atoms with Gasteiger partial charge in [0.1, 0.15) is 16.5 Å². The number of carboxylic acids is 1. The zero-order valence-corrected chi connectivity index (χ0v) is 12.1. The van der Waals surface area contributed by atoms with Crippen molar-refractivity contribution in [3.63, 3.8) is 0 Å². The number of aliphatic carboxylic acids is 1. The number of rotatable bonds is 8. The molecule has 0 radical (unpaired) electrons. The van der Waals surface area contributed by atoms with E-state index in [-0.39, 0.29) is 18.8 Å². The molecule has 1 N–H and O–H groups in total. The molecule has 1 aromatic rings. The molecule has 0 saturated carbocycles. The van der Waals surface area contributed by atoms with Gasteiger partial charge < -0.3 is 9.84 Å². The van der Waals surface area contributed by atoms with Crippen molar-refractivity contribution >= 4 is 25.7 Å². The van der Waals surface area contributed by atoms with Crippen LogP contribution in [0.1, 0.15) is 25.7 Å². The van der Waals surface area contributed by atoms with Gasteiger partial charge in [0.05, 0.1) is 6.61 Å². The van der Waals surface area contributed by atoms with Crippen LogP contribution in [0.5, 0.6) is 5.75 Å². The fourth-order valence-electron chi connectivity index (χ4n) is 1.53. The lowest BCUT2D eigenvalue weighted by Crippen LogP contribution is -2.03. The molecular formula is C12H14ClFO5S. The highest BCUT2D eigenvalue weighted by Crippen LogP contribution is 2.27. The quantitative estimate of drug-likeness (QED) is 0.587. The molecule has 8 heteroatoms. The van der Waals surface area contributed by atoms with Gasteiger partial charge in [-0.15, -0.1) is 0 Å². The van der Waals surface area contributed by atoms with Crippen LogP contribution in [0.2, 0.25) is 0 Å². The predicted molar refractivity (Wildman–Crippen MR) is 71.0 cm³/mol. The molecule has 0 unspecified atom stereocenters. The van der Waals surface area contributed by atoms with Gasteiger partial charge in [-0.25, -0.2) is 12.8 Å². The van der Waals surface area contributed by atoms with Crippen LogP contribution in [0.3, 0.4) is 0 Å². The first kappa shape index (κ1) is 16.7. The summed E-state index contributed by atoms with van der Waals surface area (Å²) in [5.41, 5.74) is 0. The third kappa shape index (κ3) is 5.75. The monoisotopic (exact) mass is 324 g/mol. The van der Waals surface area contributed by atoms with Crippen molar-refractivity contribution in [2.24, 2.45) is 0 Å². The van der Waals surface area contributed by atoms with Gasteiger partial charge in [0.15, 0.2) is 0 Å². The molecule has 1 rings (SSSR count). The maximum atomic E-state index is 13.0. The smallest absolute Gasteiger partial charge is 0.303 e. The SMILES string of the molecule is O=C(O)CCCCCOc1ccc(F)cc1S(=O)(=O)Cl. The summed E-state index contributed by atoms with van der Waals surface area (Å²) < 4.78 is 40.8. The van der Waals surface area contributed by atoms with Crippen molar-refractivity contribution < 1.29 is 27.4 Å². The molecule has 0 saturated heterocycles. The van der Waals surface area contributed by atoms with Crippen LogP contribution in [0.25, 0.3) is 0 Å². The number of carboxylic acid groups (broad SMARTS) is 1. The number of carbonyl (C=O) groups is 1. The Labute approximate surface area is 120 Å². The van der Waals surface area contributed by atoms with Gasteiger partial charge in [0, 0.05) is 17.1 Å². The Morgan fingerprint density at radius 2 is 2.00 bits per heavy atom. The Morgan fingerprint density at radius 1 is 1.30 bits per heavy atom. The summed E-state index contributed by atoms with van der Waals surface area (Å²) in [5, 5.41) is 8.45. The molecule has 5 nitrogen and oxygen atoms in total. The van der Waals surface area contributed by atoms with Crippen molar-refractivity contribution in [3.8, 4) is 5.75 Å². The Hall–Kier alpha value is -1.34. The fourth-order valence-corrected chi connectivity index (χ4v) is 2.51. The first-order valence-electron chi connectivity index (χ1n) is 5.89. The van der Waals surface area contributed by atoms with Gasteiger partial charge in [-0.3, -0.25) is 4.79 Å². The predicted octanol–water partition coefficient (Wildman–Crippen LogP) is 2.78. The molecule has 20 heavy (non-hydrogen) atoms. The highest BCUT2D eigenvalue weighted by molar-refractivity contribution is 8.13. The summed E-state index contributed by atoms with van der Waals surface area (Å²) in [7, 11) is 1.11. The second kappa shape index (κ2) is 7.44. The van der Waals surface area contributed by atoms with Crippen molar-refractivity contribution in [1.82, 2.24) is 0 Å². The number of ether oxygens (including phenoxy) is 1. The van der Waals surface area contributed by atoms with E-state index in [4.69, 9.17) is 20.5 Å². The van der Waals surface area contributed by atoms with Crippen LogP contribution in [0, 0.1) is 5.82 Å². The molecule has 0 heterocycles. The van der Waals surface area contributed by atoms with E-state index >= 15 is 0 Å². The third-order valence-electron chi connectivity index (χ3n) is 2.46. The lowest BCUT2D eigenvalue weighted by atomic mass is 10.2. The van der Waals surface area contributed by atoms with Crippen LogP contribution in [0.15, 0.2) is 23.1 Å². The van der Waals surface area contributed by atoms with E-state index in [0.717, 1.165) is 12.1 Å². The molecule has 0 aliphatic carbocycles. The third-order valence-corrected chi connectivity index (χ3v) is 3.80. The van der Waals surface area contributed by atoms with Crippen molar-refractivity contribution in [2.75, 3.05) is 6.61 Å². The average molecular weight is 325 g/mol. The second-order valence-corrected chi connectivity index (χ2v) is 6.62. The molecule has 0 aromatic heterocycles. The standard InChI is InChI=1S/C12H14ClFO5S/c13-20(17,18)11-8-9(14)5-6-10(11)19-7-3-1-2-4-12(15)16/h5-6,8H,1-4,7H2,(H,15,16). The van der Waals surface area contributed by atoms with Gasteiger partial charge in [-0.1, -0.05) is 0 Å². The molecule has 112 valence electrons. The number of hydrogen-bond acceptors (Lipinski definition) is 4. The summed E-state index contributed by atoms with van der Waals surface area (Å²) in [5.74, 6) is -1.60. The highest BCUT2D eigenvalue weighted by atomic mass is 35.7. The average Bonchev–Trinajstić information content (AvgIpc) is 2.33. The van der Waals surface area contributed by atoms with E-state index in [0.29, 0.717) is 19.3 Å². The minimum absolute atomic E-state index is 0.0142. The van der Waals surface area contributed by atoms with Gasteiger partial charge in [-0.2, -0.15) is 0 Å². The number of hydrogen-bond donors (Lipinski definition) is 1. The van der Waals surface area contributed by atoms with E-state index in [1.54, 1.807) is 0 Å². The van der Waals surface area contributed by atoms with E-state index in [1.165, 1.54) is 6.07 Å². The van der Waals surface area contributed by atoms with E-state index < -0.39 is 25.7 Å². The van der Waals surface area contributed by atoms with Crippen LogP contribution in [0.4, 0.5) is 4.39 Å². The zero-order valence-electron chi connectivity index (χ0n) is 10.5. The molecule has 0 spiro atoms. The molecule has 0 amide bonds. The van der Waals surface area contributed by atoms with Crippen molar-refractivity contribution in [1.29, 1.82) is 0 Å². The highest BCUT2D eigenvalue weighted by Gasteiger charge is 2.17. The lowest BCUT2D eigenvalue weighted by Gasteiger charge is -2.09. The number of halogens is 2. The maximum absolute atomic E-state index is 13.0. The van der Waals surface area contributed by atoms with E-state index in [1.807, 2.05) is 0 Å². The largest absolute Gasteiger partial charge is 0.492 e. The topological polar surface area (TPSA) is 80.7 Å². The van der Waals surface area contributed by atoms with Gasteiger partial charge >= 0.3 is 5.97 Å². The molecule has 0 aliphatic heterocycles. The minimum atomic E-state index is -4.09. The Bertz CT molecular complexity index is 573. The van der Waals surface area contributed by atoms with E-state index in [2.05, 4.69) is 0 Å². The van der Waals surface area contributed by atoms with Gasteiger partial charge in [0.25, 0.3) is 9.05 Å². The van der Waals surface area contributed by atoms with Gasteiger partial charge in [-0.05, 0) is 37.5 Å².